The number of ether oxygens (including phenoxy) is 1. The highest BCUT2D eigenvalue weighted by molar-refractivity contribution is 7.13. The molecule has 2 rings (SSSR count). The van der Waals surface area contributed by atoms with E-state index in [0.717, 1.165) is 10.6 Å². The lowest BCUT2D eigenvalue weighted by Gasteiger charge is -1.92. The second-order valence-electron chi connectivity index (χ2n) is 2.33. The Hall–Kier alpha value is -1.49. The van der Waals surface area contributed by atoms with E-state index in [-0.39, 0.29) is 0 Å². The Labute approximate surface area is 79.2 Å². The van der Waals surface area contributed by atoms with Gasteiger partial charge in [0.2, 0.25) is 5.88 Å². The summed E-state index contributed by atoms with van der Waals surface area (Å²) >= 11 is 1.52. The third kappa shape index (κ3) is 1.65. The lowest BCUT2D eigenvalue weighted by atomic mass is 10.3. The third-order valence-electron chi connectivity index (χ3n) is 1.52. The minimum Gasteiger partial charge on any atom is -0.480 e. The van der Waals surface area contributed by atoms with Gasteiger partial charge in [-0.15, -0.1) is 11.3 Å². The number of methoxy groups -OCH3 is 1. The third-order valence-corrected chi connectivity index (χ3v) is 2.39. The minimum absolute atomic E-state index is 0.636. The number of nitrogens with zero attached hydrogens (tertiary/aromatic N) is 3. The highest BCUT2D eigenvalue weighted by Crippen LogP contribution is 2.25. The van der Waals surface area contributed by atoms with Gasteiger partial charge in [0.1, 0.15) is 5.01 Å². The first-order valence-electron chi connectivity index (χ1n) is 3.67. The summed E-state index contributed by atoms with van der Waals surface area (Å²) in [5, 5.41) is 10.2. The van der Waals surface area contributed by atoms with Crippen LogP contribution in [-0.4, -0.2) is 22.3 Å². The van der Waals surface area contributed by atoms with Gasteiger partial charge in [0.05, 0.1) is 24.9 Å². The molecular weight excluding hydrogens is 186 g/mol. The van der Waals surface area contributed by atoms with E-state index in [1.54, 1.807) is 19.5 Å². The average Bonchev–Trinajstić information content (AvgIpc) is 2.67. The van der Waals surface area contributed by atoms with Crippen LogP contribution in [0, 0.1) is 0 Å². The molecule has 0 atom stereocenters. The van der Waals surface area contributed by atoms with Crippen molar-refractivity contribution in [1.82, 2.24) is 15.2 Å². The van der Waals surface area contributed by atoms with Crippen molar-refractivity contribution in [3.05, 3.63) is 23.8 Å². The number of thiazole rings is 1. The first-order chi connectivity index (χ1) is 6.40. The lowest BCUT2D eigenvalue weighted by Crippen LogP contribution is -1.83. The van der Waals surface area contributed by atoms with Gasteiger partial charge >= 0.3 is 0 Å². The molecule has 0 unspecified atom stereocenters. The normalized spacial score (nSPS) is 9.92. The highest BCUT2D eigenvalue weighted by Gasteiger charge is 2.03. The summed E-state index contributed by atoms with van der Waals surface area (Å²) in [7, 11) is 1.60. The summed E-state index contributed by atoms with van der Waals surface area (Å²) in [6.07, 6.45) is 3.32. The topological polar surface area (TPSA) is 47.9 Å². The maximum atomic E-state index is 4.98. The molecule has 0 aliphatic rings. The molecule has 0 aliphatic heterocycles. The second kappa shape index (κ2) is 3.49. The summed E-state index contributed by atoms with van der Waals surface area (Å²) in [5.74, 6) is 0.636. The van der Waals surface area contributed by atoms with Gasteiger partial charge in [0.25, 0.3) is 0 Å². The number of aromatic nitrogens is 3. The maximum absolute atomic E-state index is 4.98. The van der Waals surface area contributed by atoms with Crippen LogP contribution in [0.4, 0.5) is 0 Å². The van der Waals surface area contributed by atoms with Crippen LogP contribution in [0.1, 0.15) is 0 Å². The zero-order valence-corrected chi connectivity index (χ0v) is 7.78. The Balaban J connectivity index is 2.36. The van der Waals surface area contributed by atoms with E-state index in [1.165, 1.54) is 11.3 Å². The fourth-order valence-corrected chi connectivity index (χ4v) is 1.66. The van der Waals surface area contributed by atoms with Crippen LogP contribution in [0.3, 0.4) is 0 Å². The molecule has 5 heteroatoms. The molecule has 0 radical (unpaired) electrons. The lowest BCUT2D eigenvalue weighted by molar-refractivity contribution is 0.401. The molecule has 0 aliphatic carbocycles. The van der Waals surface area contributed by atoms with Crippen molar-refractivity contribution in [2.24, 2.45) is 0 Å². The van der Waals surface area contributed by atoms with E-state index in [4.69, 9.17) is 4.74 Å². The molecule has 0 N–H and O–H groups in total. The summed E-state index contributed by atoms with van der Waals surface area (Å²) in [6, 6.07) is 1.87. The molecular formula is C8H7N3OS. The highest BCUT2D eigenvalue weighted by atomic mass is 32.1. The van der Waals surface area contributed by atoms with Crippen molar-refractivity contribution >= 4 is 11.3 Å². The molecule has 4 nitrogen and oxygen atoms in total. The summed E-state index contributed by atoms with van der Waals surface area (Å²) in [5.41, 5.74) is 0.961. The van der Waals surface area contributed by atoms with Crippen LogP contribution < -0.4 is 4.74 Å². The van der Waals surface area contributed by atoms with Crippen LogP contribution in [0.5, 0.6) is 5.88 Å². The number of hydrogen-bond donors (Lipinski definition) is 0. The zero-order chi connectivity index (χ0) is 9.10. The predicted molar refractivity (Wildman–Crippen MR) is 49.7 cm³/mol. The molecule has 0 saturated carbocycles. The summed E-state index contributed by atoms with van der Waals surface area (Å²) in [6.45, 7) is 0. The van der Waals surface area contributed by atoms with Gasteiger partial charge < -0.3 is 4.74 Å². The quantitative estimate of drug-likeness (QED) is 0.727. The van der Waals surface area contributed by atoms with Crippen molar-refractivity contribution in [3.63, 3.8) is 0 Å². The van der Waals surface area contributed by atoms with Gasteiger partial charge in [0.15, 0.2) is 0 Å². The standard InChI is InChI=1S/C8H7N3OS/c1-12-7-5-13-8(11-7)6-2-3-9-10-4-6/h2-5H,1H3. The average molecular weight is 193 g/mol. The van der Waals surface area contributed by atoms with Crippen molar-refractivity contribution in [1.29, 1.82) is 0 Å². The molecule has 0 bridgehead atoms. The fraction of sp³-hybridized carbons (Fsp3) is 0.125. The second-order valence-corrected chi connectivity index (χ2v) is 3.18. The first kappa shape index (κ1) is 8.12. The van der Waals surface area contributed by atoms with Crippen LogP contribution in [-0.2, 0) is 0 Å². The molecule has 66 valence electrons. The molecule has 0 saturated heterocycles. The van der Waals surface area contributed by atoms with Crippen LogP contribution in [0.25, 0.3) is 10.6 Å². The molecule has 2 heterocycles. The smallest absolute Gasteiger partial charge is 0.224 e. The molecule has 0 fully saturated rings. The predicted octanol–water partition coefficient (Wildman–Crippen LogP) is 1.61. The number of hydrogen-bond acceptors (Lipinski definition) is 5. The number of rotatable bonds is 2. The van der Waals surface area contributed by atoms with Gasteiger partial charge in [-0.1, -0.05) is 0 Å². The fourth-order valence-electron chi connectivity index (χ4n) is 0.903. The molecule has 13 heavy (non-hydrogen) atoms. The zero-order valence-electron chi connectivity index (χ0n) is 6.97. The maximum Gasteiger partial charge on any atom is 0.224 e. The SMILES string of the molecule is COc1csc(-c2ccnnc2)n1. The molecule has 0 spiro atoms. The van der Waals surface area contributed by atoms with E-state index >= 15 is 0 Å². The molecule has 2 aromatic heterocycles. The summed E-state index contributed by atoms with van der Waals surface area (Å²) in [4.78, 5) is 4.23. The monoisotopic (exact) mass is 193 g/mol. The van der Waals surface area contributed by atoms with Gasteiger partial charge in [-0.25, -0.2) is 4.98 Å². The molecule has 0 amide bonds. The molecule has 2 aromatic rings. The van der Waals surface area contributed by atoms with Gasteiger partial charge in [-0.2, -0.15) is 10.2 Å². The van der Waals surface area contributed by atoms with E-state index in [2.05, 4.69) is 15.2 Å². The Bertz CT molecular complexity index is 387. The van der Waals surface area contributed by atoms with Crippen molar-refractivity contribution < 1.29 is 4.74 Å². The van der Waals surface area contributed by atoms with E-state index in [0.29, 0.717) is 5.88 Å². The van der Waals surface area contributed by atoms with Crippen molar-refractivity contribution in [2.75, 3.05) is 7.11 Å². The van der Waals surface area contributed by atoms with Crippen LogP contribution in [0.15, 0.2) is 23.8 Å². The van der Waals surface area contributed by atoms with Crippen LogP contribution in [0.2, 0.25) is 0 Å². The van der Waals surface area contributed by atoms with Gasteiger partial charge in [0, 0.05) is 5.56 Å². The van der Waals surface area contributed by atoms with Gasteiger partial charge in [-0.3, -0.25) is 0 Å². The van der Waals surface area contributed by atoms with Crippen LogP contribution >= 0.6 is 11.3 Å². The van der Waals surface area contributed by atoms with E-state index in [9.17, 15) is 0 Å². The summed E-state index contributed by atoms with van der Waals surface area (Å²) < 4.78 is 4.98. The van der Waals surface area contributed by atoms with Gasteiger partial charge in [-0.05, 0) is 6.07 Å². The van der Waals surface area contributed by atoms with E-state index in [1.807, 2.05) is 11.4 Å². The van der Waals surface area contributed by atoms with Crippen molar-refractivity contribution in [3.8, 4) is 16.5 Å². The Kier molecular flexibility index (Phi) is 2.18. The Morgan fingerprint density at radius 2 is 2.31 bits per heavy atom. The van der Waals surface area contributed by atoms with Crippen molar-refractivity contribution in [2.45, 2.75) is 0 Å². The largest absolute Gasteiger partial charge is 0.480 e. The Morgan fingerprint density at radius 3 is 2.92 bits per heavy atom. The minimum atomic E-state index is 0.636. The molecule has 0 aromatic carbocycles. The van der Waals surface area contributed by atoms with E-state index < -0.39 is 0 Å². The first-order valence-corrected chi connectivity index (χ1v) is 4.54. The Morgan fingerprint density at radius 1 is 1.38 bits per heavy atom.